The van der Waals surface area contributed by atoms with Crippen molar-refractivity contribution in [3.05, 3.63) is 180 Å². The van der Waals surface area contributed by atoms with E-state index in [1.54, 1.807) is 16.7 Å². The highest BCUT2D eigenvalue weighted by Gasteiger charge is 2.62. The van der Waals surface area contributed by atoms with Gasteiger partial charge in [-0.3, -0.25) is 0 Å². The Hall–Kier alpha value is -5.60. The van der Waals surface area contributed by atoms with Gasteiger partial charge in [-0.1, -0.05) is 111 Å². The minimum atomic E-state index is -0.114. The maximum Gasteiger partial charge on any atom is 0.0541 e. The number of aromatic nitrogens is 1. The van der Waals surface area contributed by atoms with Crippen molar-refractivity contribution in [2.24, 2.45) is 23.7 Å². The molecule has 268 valence electrons. The second kappa shape index (κ2) is 11.5. The molecule has 4 fully saturated rings. The van der Waals surface area contributed by atoms with Crippen LogP contribution in [0.3, 0.4) is 0 Å². The van der Waals surface area contributed by atoms with Gasteiger partial charge < -0.3 is 9.47 Å². The molecule has 0 unspecified atom stereocenters. The van der Waals surface area contributed by atoms with E-state index in [4.69, 9.17) is 0 Å². The predicted octanol–water partition coefficient (Wildman–Crippen LogP) is 13.8. The Labute approximate surface area is 324 Å². The van der Waals surface area contributed by atoms with E-state index < -0.39 is 0 Å². The van der Waals surface area contributed by atoms with E-state index in [2.05, 4.69) is 181 Å². The molecule has 7 aromatic carbocycles. The number of para-hydroxylation sites is 2. The van der Waals surface area contributed by atoms with Crippen LogP contribution in [0.25, 0.3) is 38.3 Å². The van der Waals surface area contributed by atoms with E-state index >= 15 is 0 Å². The molecule has 5 aliphatic carbocycles. The first-order valence-corrected chi connectivity index (χ1v) is 20.6. The van der Waals surface area contributed by atoms with Gasteiger partial charge in [0.15, 0.2) is 0 Å². The van der Waals surface area contributed by atoms with Crippen molar-refractivity contribution >= 4 is 49.6 Å². The Kier molecular flexibility index (Phi) is 6.61. The SMILES string of the molecule is CC1(C)c2ccccc2C2(c3ccc(N(c4ccc(-n5c6ccccc6c6ccccc65)cc4)c4ccc5ccccc5c4)cc31)C1CC3CC(C1)CC2C3. The summed E-state index contributed by atoms with van der Waals surface area (Å²) < 4.78 is 2.41. The lowest BCUT2D eigenvalue weighted by Crippen LogP contribution is -2.58. The quantitative estimate of drug-likeness (QED) is 0.177. The van der Waals surface area contributed by atoms with Crippen molar-refractivity contribution in [1.82, 2.24) is 4.57 Å². The summed E-state index contributed by atoms with van der Waals surface area (Å²) in [6.45, 7) is 4.97. The minimum absolute atomic E-state index is 0.114. The molecule has 4 bridgehead atoms. The van der Waals surface area contributed by atoms with Crippen LogP contribution in [0, 0.1) is 23.7 Å². The molecule has 8 aromatic rings. The van der Waals surface area contributed by atoms with E-state index in [0.717, 1.165) is 29.4 Å². The third-order valence-corrected chi connectivity index (χ3v) is 14.8. The molecule has 5 aliphatic rings. The second-order valence-electron chi connectivity index (χ2n) is 17.8. The molecule has 0 amide bonds. The molecule has 1 spiro atoms. The number of anilines is 3. The fraction of sp³-hybridized carbons (Fsp3) is 0.245. The molecule has 1 aromatic heterocycles. The molecular weight excluding hydrogens is 665 g/mol. The molecule has 13 rings (SSSR count). The van der Waals surface area contributed by atoms with Crippen LogP contribution in [0.2, 0.25) is 0 Å². The van der Waals surface area contributed by atoms with Crippen molar-refractivity contribution in [1.29, 1.82) is 0 Å². The van der Waals surface area contributed by atoms with Gasteiger partial charge in [-0.2, -0.15) is 0 Å². The molecular formula is C53H46N2. The Morgan fingerprint density at radius 3 is 1.67 bits per heavy atom. The third-order valence-electron chi connectivity index (χ3n) is 14.8. The summed E-state index contributed by atoms with van der Waals surface area (Å²) in [7, 11) is 0. The lowest BCUT2D eigenvalue weighted by Gasteiger charge is -2.64. The van der Waals surface area contributed by atoms with Gasteiger partial charge in [-0.15, -0.1) is 0 Å². The van der Waals surface area contributed by atoms with Crippen molar-refractivity contribution in [3.8, 4) is 5.69 Å². The van der Waals surface area contributed by atoms with Crippen LogP contribution in [0.4, 0.5) is 17.1 Å². The van der Waals surface area contributed by atoms with Gasteiger partial charge in [0.25, 0.3) is 0 Å². The number of hydrogen-bond acceptors (Lipinski definition) is 1. The van der Waals surface area contributed by atoms with Crippen LogP contribution in [0.5, 0.6) is 0 Å². The molecule has 4 saturated carbocycles. The first-order chi connectivity index (χ1) is 27.0. The number of benzene rings is 7. The lowest BCUT2D eigenvalue weighted by atomic mass is 9.39. The first-order valence-electron chi connectivity index (χ1n) is 20.6. The van der Waals surface area contributed by atoms with Gasteiger partial charge in [0.05, 0.1) is 11.0 Å². The predicted molar refractivity (Wildman–Crippen MR) is 229 cm³/mol. The van der Waals surface area contributed by atoms with Crippen LogP contribution < -0.4 is 4.90 Å². The maximum absolute atomic E-state index is 2.59. The maximum atomic E-state index is 2.59. The summed E-state index contributed by atoms with van der Waals surface area (Å²) >= 11 is 0. The molecule has 2 heteroatoms. The van der Waals surface area contributed by atoms with Crippen molar-refractivity contribution in [2.45, 2.75) is 56.8 Å². The highest BCUT2D eigenvalue weighted by molar-refractivity contribution is 6.09. The topological polar surface area (TPSA) is 8.17 Å². The van der Waals surface area contributed by atoms with Gasteiger partial charge in [-0.05, 0) is 149 Å². The van der Waals surface area contributed by atoms with Gasteiger partial charge >= 0.3 is 0 Å². The van der Waals surface area contributed by atoms with E-state index in [1.165, 1.54) is 87.3 Å². The van der Waals surface area contributed by atoms with Crippen LogP contribution in [-0.2, 0) is 10.8 Å². The van der Waals surface area contributed by atoms with Crippen LogP contribution in [-0.4, -0.2) is 4.57 Å². The summed E-state index contributed by atoms with van der Waals surface area (Å²) in [5.41, 5.74) is 13.5. The molecule has 0 aliphatic heterocycles. The Morgan fingerprint density at radius 1 is 0.455 bits per heavy atom. The molecule has 1 heterocycles. The summed E-state index contributed by atoms with van der Waals surface area (Å²) in [6.07, 6.45) is 7.04. The molecule has 0 saturated heterocycles. The zero-order valence-corrected chi connectivity index (χ0v) is 31.8. The van der Waals surface area contributed by atoms with Gasteiger partial charge in [0, 0.05) is 44.4 Å². The summed E-state index contributed by atoms with van der Waals surface area (Å²) in [4.78, 5) is 2.50. The largest absolute Gasteiger partial charge is 0.310 e. The molecule has 55 heavy (non-hydrogen) atoms. The summed E-state index contributed by atoms with van der Waals surface area (Å²) in [6, 6.07) is 59.8. The van der Waals surface area contributed by atoms with Gasteiger partial charge in [0.2, 0.25) is 0 Å². The molecule has 0 atom stereocenters. The highest BCUT2D eigenvalue weighted by Crippen LogP contribution is 2.68. The smallest absolute Gasteiger partial charge is 0.0541 e. The Balaban J connectivity index is 1.05. The van der Waals surface area contributed by atoms with Crippen molar-refractivity contribution in [3.63, 3.8) is 0 Å². The Morgan fingerprint density at radius 2 is 0.982 bits per heavy atom. The van der Waals surface area contributed by atoms with E-state index in [1.807, 2.05) is 0 Å². The first kappa shape index (κ1) is 31.7. The molecule has 0 N–H and O–H groups in total. The van der Waals surface area contributed by atoms with E-state index in [-0.39, 0.29) is 10.8 Å². The fourth-order valence-electron chi connectivity index (χ4n) is 12.7. The molecule has 2 nitrogen and oxygen atoms in total. The normalized spacial score (nSPS) is 24.4. The zero-order chi connectivity index (χ0) is 36.5. The number of rotatable bonds is 4. The second-order valence-corrected chi connectivity index (χ2v) is 17.8. The van der Waals surface area contributed by atoms with Crippen molar-refractivity contribution < 1.29 is 0 Å². The third kappa shape index (κ3) is 4.37. The average Bonchev–Trinajstić information content (AvgIpc) is 3.55. The number of fused-ring (bicyclic) bond motifs is 6. The monoisotopic (exact) mass is 710 g/mol. The highest BCUT2D eigenvalue weighted by atomic mass is 15.1. The van der Waals surface area contributed by atoms with Crippen LogP contribution >= 0.6 is 0 Å². The van der Waals surface area contributed by atoms with Crippen molar-refractivity contribution in [2.75, 3.05) is 4.90 Å². The Bertz CT molecular complexity index is 2740. The number of hydrogen-bond donors (Lipinski definition) is 0. The van der Waals surface area contributed by atoms with Gasteiger partial charge in [-0.25, -0.2) is 0 Å². The lowest BCUT2D eigenvalue weighted by molar-refractivity contribution is -0.0443. The fourth-order valence-corrected chi connectivity index (χ4v) is 12.7. The average molecular weight is 711 g/mol. The summed E-state index contributed by atoms with van der Waals surface area (Å²) in [5.74, 6) is 3.31. The minimum Gasteiger partial charge on any atom is -0.310 e. The number of nitrogens with zero attached hydrogens (tertiary/aromatic N) is 2. The molecule has 0 radical (unpaired) electrons. The van der Waals surface area contributed by atoms with E-state index in [9.17, 15) is 0 Å². The summed E-state index contributed by atoms with van der Waals surface area (Å²) in [5, 5.41) is 5.09. The van der Waals surface area contributed by atoms with E-state index in [0.29, 0.717) is 0 Å². The zero-order valence-electron chi connectivity index (χ0n) is 31.8. The van der Waals surface area contributed by atoms with Crippen LogP contribution in [0.15, 0.2) is 158 Å². The van der Waals surface area contributed by atoms with Gasteiger partial charge in [0.1, 0.15) is 0 Å². The van der Waals surface area contributed by atoms with Crippen LogP contribution in [0.1, 0.15) is 68.2 Å². The standard InChI is InChI=1S/C53H46N2/c1-52(2)46-15-7-8-16-47(46)53(38-28-34-27-35(30-38)31-39(53)29-34)48-26-25-43(33-49(48)52)54(42-20-19-36-11-3-4-12-37(36)32-42)40-21-23-41(24-22-40)55-50-17-9-5-13-44(50)45-14-6-10-18-51(45)55/h3-26,32-35,38-39H,27-31H2,1-2H3.